The van der Waals surface area contributed by atoms with Gasteiger partial charge < -0.3 is 19.3 Å². The molecule has 8 heteroatoms. The van der Waals surface area contributed by atoms with E-state index in [2.05, 4.69) is 16.6 Å². The fourth-order valence-electron chi connectivity index (χ4n) is 3.53. The third-order valence-corrected chi connectivity index (χ3v) is 5.41. The number of ether oxygens (including phenoxy) is 3. The van der Waals surface area contributed by atoms with Gasteiger partial charge >= 0.3 is 0 Å². The molecule has 0 aromatic heterocycles. The Kier molecular flexibility index (Phi) is 10.5. The predicted octanol–water partition coefficient (Wildman–Crippen LogP) is 4.90. The molecule has 2 N–H and O–H groups in total. The van der Waals surface area contributed by atoms with E-state index < -0.39 is 6.10 Å². The highest BCUT2D eigenvalue weighted by atomic mass is 16.5. The molecule has 3 rings (SSSR count). The maximum absolute atomic E-state index is 12.2. The van der Waals surface area contributed by atoms with E-state index in [4.69, 9.17) is 14.2 Å². The largest absolute Gasteiger partial charge is 0.494 e. The monoisotopic (exact) mass is 501 g/mol. The number of aliphatic hydroxyl groups excluding tert-OH is 1. The third kappa shape index (κ3) is 8.37. The fourth-order valence-corrected chi connectivity index (χ4v) is 3.53. The van der Waals surface area contributed by atoms with Crippen molar-refractivity contribution in [3.05, 3.63) is 89.0 Å². The quantitative estimate of drug-likeness (QED) is 0.254. The van der Waals surface area contributed by atoms with Crippen molar-refractivity contribution in [2.24, 2.45) is 5.10 Å². The number of carbonyl (C=O) groups excluding carboxylic acids is 1. The van der Waals surface area contributed by atoms with Crippen molar-refractivity contribution in [1.82, 2.24) is 5.43 Å². The zero-order chi connectivity index (χ0) is 26.5. The van der Waals surface area contributed by atoms with E-state index >= 15 is 0 Å². The maximum atomic E-state index is 12.2. The van der Waals surface area contributed by atoms with Gasteiger partial charge in [0.05, 0.1) is 37.2 Å². The number of nitrogens with zero attached hydrogens (tertiary/aromatic N) is 2. The zero-order valence-electron chi connectivity index (χ0n) is 21.0. The number of nitrogens with one attached hydrogen (secondary N) is 1. The molecule has 8 nitrogen and oxygen atoms in total. The van der Waals surface area contributed by atoms with Crippen LogP contribution in [0.3, 0.4) is 0 Å². The number of hydrogen-bond donors (Lipinski definition) is 2. The Morgan fingerprint density at radius 2 is 1.78 bits per heavy atom. The van der Waals surface area contributed by atoms with E-state index in [9.17, 15) is 15.2 Å². The number of amides is 1. The van der Waals surface area contributed by atoms with Crippen LogP contribution in [0.1, 0.15) is 55.0 Å². The van der Waals surface area contributed by atoms with Crippen LogP contribution < -0.4 is 19.6 Å². The Morgan fingerprint density at radius 1 is 1.03 bits per heavy atom. The molecule has 192 valence electrons. The highest BCUT2D eigenvalue weighted by molar-refractivity contribution is 5.83. The van der Waals surface area contributed by atoms with Crippen molar-refractivity contribution in [3.8, 4) is 23.3 Å². The van der Waals surface area contributed by atoms with Crippen LogP contribution in [0, 0.1) is 11.3 Å². The van der Waals surface area contributed by atoms with Gasteiger partial charge in [-0.3, -0.25) is 4.79 Å². The Balaban J connectivity index is 1.52. The number of benzene rings is 3. The van der Waals surface area contributed by atoms with E-state index in [-0.39, 0.29) is 25.4 Å². The minimum atomic E-state index is -0.758. The fraction of sp³-hybridized carbons (Fsp3) is 0.276. The first-order valence-electron chi connectivity index (χ1n) is 12.1. The number of hydrogen-bond acceptors (Lipinski definition) is 7. The molecular weight excluding hydrogens is 470 g/mol. The van der Waals surface area contributed by atoms with E-state index in [1.807, 2.05) is 32.0 Å². The second-order valence-corrected chi connectivity index (χ2v) is 8.05. The van der Waals surface area contributed by atoms with Gasteiger partial charge in [0.2, 0.25) is 5.91 Å². The average molecular weight is 502 g/mol. The number of aliphatic hydroxyl groups is 1. The molecule has 0 aliphatic rings. The standard InChI is InChI=1S/C29H31N3O5/c1-3-35-25-12-10-22(11-13-25)26(33)14-16-29(34)32-31-19-21-9-15-27(28(17-21)36-4-2)37-20-24-8-6-5-7-23(24)18-30/h5-13,15,17,19,26,33H,3-4,14,16,20H2,1-2H3,(H,32,34)/b31-19-/t26-/m0/s1. The van der Waals surface area contributed by atoms with Gasteiger partial charge in [0.1, 0.15) is 12.4 Å². The van der Waals surface area contributed by atoms with Crippen LogP contribution in [-0.4, -0.2) is 30.4 Å². The van der Waals surface area contributed by atoms with Crippen LogP contribution in [-0.2, 0) is 11.4 Å². The Bertz CT molecular complexity index is 1240. The van der Waals surface area contributed by atoms with Crippen molar-refractivity contribution in [3.63, 3.8) is 0 Å². The summed E-state index contributed by atoms with van der Waals surface area (Å²) in [6.07, 6.45) is 1.14. The molecule has 0 fully saturated rings. The molecule has 0 aliphatic carbocycles. The molecule has 0 bridgehead atoms. The van der Waals surface area contributed by atoms with E-state index in [1.165, 1.54) is 6.21 Å². The van der Waals surface area contributed by atoms with Gasteiger partial charge in [0.25, 0.3) is 0 Å². The SMILES string of the molecule is CCOc1ccc([C@@H](O)CCC(=O)N/N=C\c2ccc(OCc3ccccc3C#N)c(OCC)c2)cc1. The molecule has 3 aromatic carbocycles. The van der Waals surface area contributed by atoms with Gasteiger partial charge in [-0.15, -0.1) is 0 Å². The van der Waals surface area contributed by atoms with Crippen molar-refractivity contribution in [2.45, 2.75) is 39.4 Å². The van der Waals surface area contributed by atoms with Crippen molar-refractivity contribution in [2.75, 3.05) is 13.2 Å². The minimum absolute atomic E-state index is 0.118. The normalized spacial score (nSPS) is 11.5. The Hall–Kier alpha value is -4.35. The van der Waals surface area contributed by atoms with Crippen LogP contribution in [0.2, 0.25) is 0 Å². The van der Waals surface area contributed by atoms with Gasteiger partial charge in [-0.25, -0.2) is 5.43 Å². The highest BCUT2D eigenvalue weighted by Gasteiger charge is 2.11. The number of nitriles is 1. The lowest BCUT2D eigenvalue weighted by Crippen LogP contribution is -2.18. The van der Waals surface area contributed by atoms with Crippen LogP contribution >= 0.6 is 0 Å². The summed E-state index contributed by atoms with van der Waals surface area (Å²) in [5.41, 5.74) is 5.27. The summed E-state index contributed by atoms with van der Waals surface area (Å²) < 4.78 is 17.0. The minimum Gasteiger partial charge on any atom is -0.494 e. The summed E-state index contributed by atoms with van der Waals surface area (Å²) in [6, 6.07) is 21.9. The number of carbonyl (C=O) groups is 1. The van der Waals surface area contributed by atoms with Crippen LogP contribution in [0.25, 0.3) is 0 Å². The van der Waals surface area contributed by atoms with Crippen molar-refractivity contribution < 1.29 is 24.1 Å². The molecule has 0 radical (unpaired) electrons. The van der Waals surface area contributed by atoms with Crippen molar-refractivity contribution >= 4 is 12.1 Å². The highest BCUT2D eigenvalue weighted by Crippen LogP contribution is 2.29. The maximum Gasteiger partial charge on any atom is 0.240 e. The number of hydrazone groups is 1. The van der Waals surface area contributed by atoms with Crippen LogP contribution in [0.4, 0.5) is 0 Å². The first-order valence-corrected chi connectivity index (χ1v) is 12.1. The summed E-state index contributed by atoms with van der Waals surface area (Å²) in [4.78, 5) is 12.2. The molecule has 37 heavy (non-hydrogen) atoms. The second-order valence-electron chi connectivity index (χ2n) is 8.05. The molecule has 0 saturated heterocycles. The van der Waals surface area contributed by atoms with Gasteiger partial charge in [-0.05, 0) is 67.8 Å². The smallest absolute Gasteiger partial charge is 0.240 e. The molecule has 3 aromatic rings. The van der Waals surface area contributed by atoms with E-state index in [1.54, 1.807) is 48.5 Å². The molecule has 0 aliphatic heterocycles. The van der Waals surface area contributed by atoms with Crippen LogP contribution in [0.5, 0.6) is 17.2 Å². The lowest BCUT2D eigenvalue weighted by atomic mass is 10.0. The van der Waals surface area contributed by atoms with E-state index in [0.29, 0.717) is 35.8 Å². The first kappa shape index (κ1) is 27.2. The van der Waals surface area contributed by atoms with Gasteiger partial charge in [-0.1, -0.05) is 30.3 Å². The second kappa shape index (κ2) is 14.3. The summed E-state index contributed by atoms with van der Waals surface area (Å²) in [5, 5.41) is 23.6. The average Bonchev–Trinajstić information content (AvgIpc) is 2.92. The summed E-state index contributed by atoms with van der Waals surface area (Å²) in [6.45, 7) is 5.03. The third-order valence-electron chi connectivity index (χ3n) is 5.41. The molecule has 0 heterocycles. The van der Waals surface area contributed by atoms with E-state index in [0.717, 1.165) is 16.9 Å². The first-order chi connectivity index (χ1) is 18.0. The Labute approximate surface area is 217 Å². The van der Waals surface area contributed by atoms with Gasteiger partial charge in [-0.2, -0.15) is 10.4 Å². The molecule has 0 spiro atoms. The summed E-state index contributed by atoms with van der Waals surface area (Å²) >= 11 is 0. The molecule has 0 saturated carbocycles. The summed E-state index contributed by atoms with van der Waals surface area (Å²) in [7, 11) is 0. The zero-order valence-corrected chi connectivity index (χ0v) is 21.0. The lowest BCUT2D eigenvalue weighted by molar-refractivity contribution is -0.121. The van der Waals surface area contributed by atoms with Gasteiger partial charge in [0, 0.05) is 12.0 Å². The van der Waals surface area contributed by atoms with Gasteiger partial charge in [0.15, 0.2) is 11.5 Å². The molecule has 1 amide bonds. The molecule has 1 atom stereocenters. The predicted molar refractivity (Wildman–Crippen MR) is 141 cm³/mol. The topological polar surface area (TPSA) is 113 Å². The molecular formula is C29H31N3O5. The van der Waals surface area contributed by atoms with Crippen molar-refractivity contribution in [1.29, 1.82) is 5.26 Å². The Morgan fingerprint density at radius 3 is 2.51 bits per heavy atom. The number of rotatable bonds is 13. The lowest BCUT2D eigenvalue weighted by Gasteiger charge is -2.13. The molecule has 0 unspecified atom stereocenters. The summed E-state index contributed by atoms with van der Waals surface area (Å²) in [5.74, 6) is 1.51. The van der Waals surface area contributed by atoms with Crippen LogP contribution in [0.15, 0.2) is 71.8 Å².